The van der Waals surface area contributed by atoms with Gasteiger partial charge in [0, 0.05) is 23.3 Å². The lowest BCUT2D eigenvalue weighted by atomic mass is 10.3. The van der Waals surface area contributed by atoms with E-state index in [9.17, 15) is 4.79 Å². The summed E-state index contributed by atoms with van der Waals surface area (Å²) in [6.07, 6.45) is 5.74. The number of carbonyl (C=O) groups is 1. The van der Waals surface area contributed by atoms with Gasteiger partial charge in [0.15, 0.2) is 0 Å². The molecular weight excluding hydrogens is 272 g/mol. The first-order chi connectivity index (χ1) is 9.79. The average molecular weight is 294 g/mol. The molecule has 4 nitrogen and oxygen atoms in total. The van der Waals surface area contributed by atoms with E-state index in [-0.39, 0.29) is 12.6 Å². The highest BCUT2D eigenvalue weighted by Gasteiger charge is 2.17. The van der Waals surface area contributed by atoms with Gasteiger partial charge in [-0.05, 0) is 31.4 Å². The number of benzene rings is 1. The van der Waals surface area contributed by atoms with Gasteiger partial charge in [0.1, 0.15) is 0 Å². The van der Waals surface area contributed by atoms with Crippen LogP contribution in [0.4, 0.5) is 10.5 Å². The molecule has 0 radical (unpaired) electrons. The molecule has 0 atom stereocenters. The molecule has 0 spiro atoms. The Kier molecular flexibility index (Phi) is 6.21. The topological polar surface area (TPSA) is 61.4 Å². The third-order valence-corrected chi connectivity index (χ3v) is 4.77. The molecule has 1 aromatic rings. The second-order valence-corrected chi connectivity index (χ2v) is 6.32. The predicted octanol–water partition coefficient (Wildman–Crippen LogP) is 3.23. The Hall–Kier alpha value is -1.20. The summed E-state index contributed by atoms with van der Waals surface area (Å²) in [6, 6.07) is 7.72. The smallest absolute Gasteiger partial charge is 0.319 e. The predicted molar refractivity (Wildman–Crippen MR) is 83.3 cm³/mol. The first-order valence-corrected chi connectivity index (χ1v) is 8.09. The monoisotopic (exact) mass is 294 g/mol. The second kappa shape index (κ2) is 8.17. The van der Waals surface area contributed by atoms with Gasteiger partial charge in [-0.2, -0.15) is 0 Å². The number of carbonyl (C=O) groups excluding carboxylic acids is 1. The minimum atomic E-state index is -0.210. The molecule has 2 amide bonds. The summed E-state index contributed by atoms with van der Waals surface area (Å²) in [5, 5.41) is 15.0. The molecule has 110 valence electrons. The third-order valence-electron chi connectivity index (χ3n) is 3.35. The zero-order chi connectivity index (χ0) is 14.2. The summed E-state index contributed by atoms with van der Waals surface area (Å²) in [7, 11) is 0. The maximum Gasteiger partial charge on any atom is 0.319 e. The molecule has 3 N–H and O–H groups in total. The van der Waals surface area contributed by atoms with E-state index in [0.717, 1.165) is 10.6 Å². The number of aliphatic hydroxyl groups excluding tert-OH is 1. The molecule has 0 saturated heterocycles. The van der Waals surface area contributed by atoms with Crippen molar-refractivity contribution in [3.05, 3.63) is 24.3 Å². The molecule has 1 saturated carbocycles. The first kappa shape index (κ1) is 15.2. The average Bonchev–Trinajstić information content (AvgIpc) is 2.94. The fraction of sp³-hybridized carbons (Fsp3) is 0.533. The number of aliphatic hydroxyl groups is 1. The maximum atomic E-state index is 11.8. The minimum absolute atomic E-state index is 0.0917. The van der Waals surface area contributed by atoms with Gasteiger partial charge in [0.2, 0.25) is 0 Å². The van der Waals surface area contributed by atoms with Crippen LogP contribution in [0.25, 0.3) is 0 Å². The molecule has 20 heavy (non-hydrogen) atoms. The number of urea groups is 1. The standard InChI is InChI=1S/C15H22N2O2S/c18-11-5-10-16-15(19)17-13-8-3-4-9-14(13)20-12-6-1-2-7-12/h3-4,8-9,12,18H,1-2,5-7,10-11H2,(H2,16,17,19). The molecule has 1 fully saturated rings. The van der Waals surface area contributed by atoms with Crippen molar-refractivity contribution >= 4 is 23.5 Å². The Balaban J connectivity index is 1.91. The highest BCUT2D eigenvalue weighted by Crippen LogP contribution is 2.37. The van der Waals surface area contributed by atoms with Gasteiger partial charge in [0.25, 0.3) is 0 Å². The molecule has 0 unspecified atom stereocenters. The minimum Gasteiger partial charge on any atom is -0.396 e. The van der Waals surface area contributed by atoms with Gasteiger partial charge in [-0.3, -0.25) is 0 Å². The number of hydrogen-bond acceptors (Lipinski definition) is 3. The lowest BCUT2D eigenvalue weighted by Crippen LogP contribution is -2.30. The van der Waals surface area contributed by atoms with Crippen LogP contribution in [-0.2, 0) is 0 Å². The Morgan fingerprint density at radius 3 is 2.80 bits per heavy atom. The third kappa shape index (κ3) is 4.72. The molecule has 0 heterocycles. The zero-order valence-electron chi connectivity index (χ0n) is 11.6. The van der Waals surface area contributed by atoms with Crippen LogP contribution in [0.5, 0.6) is 0 Å². The molecule has 2 rings (SSSR count). The van der Waals surface area contributed by atoms with Gasteiger partial charge in [-0.1, -0.05) is 25.0 Å². The largest absolute Gasteiger partial charge is 0.396 e. The molecule has 0 bridgehead atoms. The van der Waals surface area contributed by atoms with Crippen molar-refractivity contribution < 1.29 is 9.90 Å². The van der Waals surface area contributed by atoms with E-state index in [1.165, 1.54) is 25.7 Å². The van der Waals surface area contributed by atoms with E-state index >= 15 is 0 Å². The highest BCUT2D eigenvalue weighted by molar-refractivity contribution is 8.00. The molecule has 0 aromatic heterocycles. The van der Waals surface area contributed by atoms with Gasteiger partial charge in [-0.25, -0.2) is 4.79 Å². The summed E-state index contributed by atoms with van der Waals surface area (Å²) in [5.74, 6) is 0. The normalized spacial score (nSPS) is 15.2. The Bertz CT molecular complexity index is 434. The fourth-order valence-electron chi connectivity index (χ4n) is 2.31. The van der Waals surface area contributed by atoms with E-state index in [0.29, 0.717) is 18.2 Å². The van der Waals surface area contributed by atoms with Crippen LogP contribution < -0.4 is 10.6 Å². The van der Waals surface area contributed by atoms with Crippen molar-refractivity contribution in [1.82, 2.24) is 5.32 Å². The van der Waals surface area contributed by atoms with Crippen LogP contribution in [0.3, 0.4) is 0 Å². The van der Waals surface area contributed by atoms with E-state index in [2.05, 4.69) is 16.7 Å². The van der Waals surface area contributed by atoms with Crippen LogP contribution in [0.15, 0.2) is 29.2 Å². The van der Waals surface area contributed by atoms with Crippen LogP contribution in [0.2, 0.25) is 0 Å². The summed E-state index contributed by atoms with van der Waals surface area (Å²) in [5.41, 5.74) is 0.867. The quantitative estimate of drug-likeness (QED) is 0.706. The van der Waals surface area contributed by atoms with E-state index in [4.69, 9.17) is 5.11 Å². The van der Waals surface area contributed by atoms with Crippen molar-refractivity contribution in [3.8, 4) is 0 Å². The summed E-state index contributed by atoms with van der Waals surface area (Å²) < 4.78 is 0. The van der Waals surface area contributed by atoms with Crippen LogP contribution in [0, 0.1) is 0 Å². The van der Waals surface area contributed by atoms with Gasteiger partial charge in [0.05, 0.1) is 5.69 Å². The number of para-hydroxylation sites is 1. The Morgan fingerprint density at radius 2 is 2.05 bits per heavy atom. The zero-order valence-corrected chi connectivity index (χ0v) is 12.4. The summed E-state index contributed by atoms with van der Waals surface area (Å²) in [4.78, 5) is 12.9. The Labute approximate surface area is 124 Å². The van der Waals surface area contributed by atoms with Crippen molar-refractivity contribution in [2.24, 2.45) is 0 Å². The number of amides is 2. The van der Waals surface area contributed by atoms with Crippen molar-refractivity contribution in [1.29, 1.82) is 0 Å². The molecular formula is C15H22N2O2S. The summed E-state index contributed by atoms with van der Waals surface area (Å²) >= 11 is 1.87. The van der Waals surface area contributed by atoms with E-state index in [1.807, 2.05) is 30.0 Å². The molecule has 5 heteroatoms. The van der Waals surface area contributed by atoms with Crippen LogP contribution >= 0.6 is 11.8 Å². The van der Waals surface area contributed by atoms with E-state index < -0.39 is 0 Å². The molecule has 0 aliphatic heterocycles. The van der Waals surface area contributed by atoms with Crippen molar-refractivity contribution in [3.63, 3.8) is 0 Å². The number of anilines is 1. The fourth-order valence-corrected chi connectivity index (χ4v) is 3.64. The van der Waals surface area contributed by atoms with Crippen molar-refractivity contribution in [2.75, 3.05) is 18.5 Å². The number of nitrogens with one attached hydrogen (secondary N) is 2. The second-order valence-electron chi connectivity index (χ2n) is 4.98. The van der Waals surface area contributed by atoms with Crippen molar-refractivity contribution in [2.45, 2.75) is 42.2 Å². The summed E-state index contributed by atoms with van der Waals surface area (Å²) in [6.45, 7) is 0.578. The van der Waals surface area contributed by atoms with Gasteiger partial charge in [-0.15, -0.1) is 11.8 Å². The maximum absolute atomic E-state index is 11.8. The lowest BCUT2D eigenvalue weighted by Gasteiger charge is -2.14. The van der Waals surface area contributed by atoms with Gasteiger partial charge < -0.3 is 15.7 Å². The highest BCUT2D eigenvalue weighted by atomic mass is 32.2. The number of rotatable bonds is 6. The molecule has 1 aliphatic rings. The van der Waals surface area contributed by atoms with Gasteiger partial charge >= 0.3 is 6.03 Å². The van der Waals surface area contributed by atoms with E-state index in [1.54, 1.807) is 0 Å². The van der Waals surface area contributed by atoms with Crippen LogP contribution in [-0.4, -0.2) is 29.5 Å². The Morgan fingerprint density at radius 1 is 1.30 bits per heavy atom. The SMILES string of the molecule is O=C(NCCCO)Nc1ccccc1SC1CCCC1. The molecule has 1 aliphatic carbocycles. The molecule has 1 aromatic carbocycles. The lowest BCUT2D eigenvalue weighted by molar-refractivity contribution is 0.249. The number of thioether (sulfide) groups is 1. The van der Waals surface area contributed by atoms with Crippen LogP contribution in [0.1, 0.15) is 32.1 Å². The first-order valence-electron chi connectivity index (χ1n) is 7.21. The number of hydrogen-bond donors (Lipinski definition) is 3.